The SMILES string of the molecule is CCC/C=C/CC/C=C/C(O)C(CS(=O)(=O)O)NC(=O)CCCCCCCCCCC. The van der Waals surface area contributed by atoms with Crippen LogP contribution in [0.2, 0.25) is 0 Å². The van der Waals surface area contributed by atoms with E-state index in [2.05, 4.69) is 31.3 Å². The molecule has 0 aromatic rings. The maximum Gasteiger partial charge on any atom is 0.267 e. The number of nitrogens with one attached hydrogen (secondary N) is 1. The topological polar surface area (TPSA) is 104 Å². The van der Waals surface area contributed by atoms with Gasteiger partial charge in [-0.25, -0.2) is 0 Å². The Labute approximate surface area is 190 Å². The Morgan fingerprint density at radius 1 is 0.839 bits per heavy atom. The van der Waals surface area contributed by atoms with Crippen LogP contribution in [0, 0.1) is 0 Å². The number of hydrogen-bond acceptors (Lipinski definition) is 4. The molecule has 0 rings (SSSR count). The van der Waals surface area contributed by atoms with Crippen LogP contribution in [0.25, 0.3) is 0 Å². The second-order valence-corrected chi connectivity index (χ2v) is 9.75. The van der Waals surface area contributed by atoms with Crippen LogP contribution in [-0.2, 0) is 14.9 Å². The molecule has 0 spiro atoms. The Morgan fingerprint density at radius 2 is 1.39 bits per heavy atom. The second kappa shape index (κ2) is 19.5. The first-order valence-corrected chi connectivity index (χ1v) is 13.6. The summed E-state index contributed by atoms with van der Waals surface area (Å²) < 4.78 is 31.8. The second-order valence-electron chi connectivity index (χ2n) is 8.26. The fourth-order valence-electron chi connectivity index (χ4n) is 3.29. The molecule has 7 heteroatoms. The third kappa shape index (κ3) is 20.5. The van der Waals surface area contributed by atoms with Gasteiger partial charge in [0, 0.05) is 6.42 Å². The lowest BCUT2D eigenvalue weighted by Gasteiger charge is -2.21. The smallest absolute Gasteiger partial charge is 0.267 e. The van der Waals surface area contributed by atoms with Crippen LogP contribution < -0.4 is 5.32 Å². The van der Waals surface area contributed by atoms with Gasteiger partial charge < -0.3 is 10.4 Å². The van der Waals surface area contributed by atoms with E-state index < -0.39 is 28.0 Å². The van der Waals surface area contributed by atoms with Crippen molar-refractivity contribution in [3.05, 3.63) is 24.3 Å². The summed E-state index contributed by atoms with van der Waals surface area (Å²) in [6, 6.07) is -1.06. The molecule has 0 fully saturated rings. The van der Waals surface area contributed by atoms with Gasteiger partial charge in [-0.3, -0.25) is 9.35 Å². The van der Waals surface area contributed by atoms with E-state index >= 15 is 0 Å². The maximum absolute atomic E-state index is 12.2. The summed E-state index contributed by atoms with van der Waals surface area (Å²) in [5, 5.41) is 12.9. The lowest BCUT2D eigenvalue weighted by Crippen LogP contribution is -2.46. The van der Waals surface area contributed by atoms with Gasteiger partial charge in [-0.1, -0.05) is 95.9 Å². The first-order valence-electron chi connectivity index (χ1n) is 12.0. The van der Waals surface area contributed by atoms with Crippen LogP contribution in [0.15, 0.2) is 24.3 Å². The van der Waals surface area contributed by atoms with Crippen LogP contribution >= 0.6 is 0 Å². The number of carbonyl (C=O) groups is 1. The molecule has 0 aliphatic heterocycles. The number of allylic oxidation sites excluding steroid dienone is 3. The summed E-state index contributed by atoms with van der Waals surface area (Å²) in [6.45, 7) is 4.31. The number of hydrogen-bond donors (Lipinski definition) is 3. The highest BCUT2D eigenvalue weighted by molar-refractivity contribution is 7.85. The number of rotatable bonds is 20. The zero-order chi connectivity index (χ0) is 23.4. The highest BCUT2D eigenvalue weighted by atomic mass is 32.2. The molecule has 2 unspecified atom stereocenters. The Hall–Kier alpha value is -1.18. The third-order valence-electron chi connectivity index (χ3n) is 5.11. The van der Waals surface area contributed by atoms with Gasteiger partial charge in [-0.05, 0) is 25.7 Å². The fourth-order valence-corrected chi connectivity index (χ4v) is 4.03. The number of aliphatic hydroxyl groups is 1. The van der Waals surface area contributed by atoms with Gasteiger partial charge in [0.05, 0.1) is 17.9 Å². The summed E-state index contributed by atoms with van der Waals surface area (Å²) in [6.07, 6.45) is 20.5. The summed E-state index contributed by atoms with van der Waals surface area (Å²) in [5.41, 5.74) is 0. The van der Waals surface area contributed by atoms with Gasteiger partial charge in [-0.15, -0.1) is 0 Å². The minimum atomic E-state index is -4.32. The molecule has 0 aliphatic carbocycles. The van der Waals surface area contributed by atoms with Crippen molar-refractivity contribution in [2.45, 2.75) is 116 Å². The van der Waals surface area contributed by atoms with Gasteiger partial charge >= 0.3 is 0 Å². The van der Waals surface area contributed by atoms with Gasteiger partial charge in [0.15, 0.2) is 0 Å². The largest absolute Gasteiger partial charge is 0.387 e. The molecule has 0 aromatic carbocycles. The highest BCUT2D eigenvalue weighted by Gasteiger charge is 2.24. The van der Waals surface area contributed by atoms with E-state index in [1.165, 1.54) is 44.6 Å². The molecule has 0 saturated carbocycles. The zero-order valence-electron chi connectivity index (χ0n) is 19.6. The zero-order valence-corrected chi connectivity index (χ0v) is 20.4. The van der Waals surface area contributed by atoms with Crippen LogP contribution in [0.4, 0.5) is 0 Å². The Kier molecular flexibility index (Phi) is 18.8. The Morgan fingerprint density at radius 3 is 1.97 bits per heavy atom. The molecule has 1 amide bonds. The lowest BCUT2D eigenvalue weighted by atomic mass is 10.1. The standard InChI is InChI=1S/C24H45NO5S/c1-3-5-7-9-11-12-14-16-18-20-24(27)25-22(21-31(28,29)30)23(26)19-17-15-13-10-8-6-4-2/h8,10,17,19,22-23,26H,3-7,9,11-16,18,20-21H2,1-2H3,(H,25,27)(H,28,29,30)/b10-8+,19-17+. The van der Waals surface area contributed by atoms with E-state index in [-0.39, 0.29) is 12.3 Å². The number of amides is 1. The first kappa shape index (κ1) is 29.8. The van der Waals surface area contributed by atoms with Gasteiger partial charge in [0.1, 0.15) is 0 Å². The van der Waals surface area contributed by atoms with Crippen molar-refractivity contribution in [1.82, 2.24) is 5.32 Å². The van der Waals surface area contributed by atoms with Crippen molar-refractivity contribution in [3.63, 3.8) is 0 Å². The monoisotopic (exact) mass is 459 g/mol. The predicted molar refractivity (Wildman–Crippen MR) is 129 cm³/mol. The average Bonchev–Trinajstić information content (AvgIpc) is 2.70. The van der Waals surface area contributed by atoms with Crippen molar-refractivity contribution in [2.24, 2.45) is 0 Å². The van der Waals surface area contributed by atoms with Gasteiger partial charge in [-0.2, -0.15) is 8.42 Å². The average molecular weight is 460 g/mol. The van der Waals surface area contributed by atoms with Crippen LogP contribution in [0.3, 0.4) is 0 Å². The molecule has 0 heterocycles. The fraction of sp³-hybridized carbons (Fsp3) is 0.792. The van der Waals surface area contributed by atoms with E-state index in [1.54, 1.807) is 6.08 Å². The molecular weight excluding hydrogens is 414 g/mol. The summed E-state index contributed by atoms with van der Waals surface area (Å²) in [4.78, 5) is 12.2. The third-order valence-corrected chi connectivity index (χ3v) is 5.89. The lowest BCUT2D eigenvalue weighted by molar-refractivity contribution is -0.122. The number of unbranched alkanes of at least 4 members (excludes halogenated alkanes) is 10. The summed E-state index contributed by atoms with van der Waals surface area (Å²) in [5.74, 6) is -1.01. The van der Waals surface area contributed by atoms with E-state index in [1.807, 2.05) is 0 Å². The molecule has 6 nitrogen and oxygen atoms in total. The molecule has 0 radical (unpaired) electrons. The van der Waals surface area contributed by atoms with Gasteiger partial charge in [0.2, 0.25) is 5.91 Å². The summed E-state index contributed by atoms with van der Waals surface area (Å²) in [7, 11) is -4.32. The quantitative estimate of drug-likeness (QED) is 0.130. The molecule has 0 aliphatic rings. The van der Waals surface area contributed by atoms with Crippen LogP contribution in [0.5, 0.6) is 0 Å². The van der Waals surface area contributed by atoms with Crippen molar-refractivity contribution in [2.75, 3.05) is 5.75 Å². The highest BCUT2D eigenvalue weighted by Crippen LogP contribution is 2.11. The molecule has 182 valence electrons. The van der Waals surface area contributed by atoms with Crippen molar-refractivity contribution < 1.29 is 22.9 Å². The Balaban J connectivity index is 4.29. The minimum Gasteiger partial charge on any atom is -0.387 e. The predicted octanol–water partition coefficient (Wildman–Crippen LogP) is 5.33. The van der Waals surface area contributed by atoms with Crippen molar-refractivity contribution in [3.8, 4) is 0 Å². The molecule has 0 aromatic heterocycles. The van der Waals surface area contributed by atoms with E-state index in [4.69, 9.17) is 4.55 Å². The van der Waals surface area contributed by atoms with Crippen LogP contribution in [-0.4, -0.2) is 41.9 Å². The van der Waals surface area contributed by atoms with E-state index in [0.717, 1.165) is 38.5 Å². The van der Waals surface area contributed by atoms with Crippen LogP contribution in [0.1, 0.15) is 104 Å². The molecule has 2 atom stereocenters. The van der Waals surface area contributed by atoms with Crippen molar-refractivity contribution in [1.29, 1.82) is 0 Å². The van der Waals surface area contributed by atoms with E-state index in [9.17, 15) is 18.3 Å². The molecule has 31 heavy (non-hydrogen) atoms. The maximum atomic E-state index is 12.2. The van der Waals surface area contributed by atoms with Crippen molar-refractivity contribution >= 4 is 16.0 Å². The van der Waals surface area contributed by atoms with E-state index in [0.29, 0.717) is 6.42 Å². The normalized spacial score (nSPS) is 14.3. The number of carbonyl (C=O) groups excluding carboxylic acids is 1. The molecular formula is C24H45NO5S. The summed E-state index contributed by atoms with van der Waals surface area (Å²) >= 11 is 0. The minimum absolute atomic E-state index is 0.288. The molecule has 3 N–H and O–H groups in total. The Bertz CT molecular complexity index is 601. The molecule has 0 bridgehead atoms. The number of aliphatic hydroxyl groups excluding tert-OH is 1. The van der Waals surface area contributed by atoms with Gasteiger partial charge in [0.25, 0.3) is 10.1 Å². The first-order chi connectivity index (χ1) is 14.8. The molecule has 0 saturated heterocycles.